The molecule has 19 heavy (non-hydrogen) atoms. The van der Waals surface area contributed by atoms with E-state index in [2.05, 4.69) is 20.9 Å². The van der Waals surface area contributed by atoms with E-state index in [0.29, 0.717) is 18.3 Å². The highest BCUT2D eigenvalue weighted by Crippen LogP contribution is 2.27. The molecular weight excluding hydrogens is 244 g/mol. The third kappa shape index (κ3) is 4.95. The first-order valence-corrected chi connectivity index (χ1v) is 6.37. The van der Waals surface area contributed by atoms with E-state index in [1.807, 2.05) is 13.0 Å². The van der Waals surface area contributed by atoms with Crippen molar-refractivity contribution in [1.29, 1.82) is 0 Å². The van der Waals surface area contributed by atoms with Gasteiger partial charge in [-0.25, -0.2) is 9.78 Å². The lowest BCUT2D eigenvalue weighted by Gasteiger charge is -2.07. The molecule has 1 aliphatic rings. The Hall–Kier alpha value is -2.11. The summed E-state index contributed by atoms with van der Waals surface area (Å²) >= 11 is 0. The molecule has 6 nitrogen and oxygen atoms in total. The molecule has 0 spiro atoms. The fourth-order valence-corrected chi connectivity index (χ4v) is 1.51. The van der Waals surface area contributed by atoms with Gasteiger partial charge >= 0.3 is 6.03 Å². The number of carbonyl (C=O) groups is 2. The van der Waals surface area contributed by atoms with Crippen molar-refractivity contribution >= 4 is 17.8 Å². The van der Waals surface area contributed by atoms with Crippen LogP contribution in [0.1, 0.15) is 18.4 Å². The van der Waals surface area contributed by atoms with Gasteiger partial charge in [-0.2, -0.15) is 0 Å². The SMILES string of the molecule is Cc1ccc(NC(=O)NCC(=O)NCC2CC2)nc1. The fraction of sp³-hybridized carbons (Fsp3) is 0.462. The first-order chi connectivity index (χ1) is 9.13. The van der Waals surface area contributed by atoms with Crippen LogP contribution in [0.4, 0.5) is 10.6 Å². The van der Waals surface area contributed by atoms with Crippen LogP contribution in [-0.2, 0) is 4.79 Å². The zero-order valence-corrected chi connectivity index (χ0v) is 10.9. The summed E-state index contributed by atoms with van der Waals surface area (Å²) in [6.45, 7) is 2.60. The molecule has 1 aliphatic carbocycles. The van der Waals surface area contributed by atoms with Gasteiger partial charge in [0.2, 0.25) is 5.91 Å². The average Bonchev–Trinajstić information content (AvgIpc) is 3.21. The quantitative estimate of drug-likeness (QED) is 0.741. The van der Waals surface area contributed by atoms with Crippen molar-refractivity contribution in [2.45, 2.75) is 19.8 Å². The number of nitrogens with zero attached hydrogens (tertiary/aromatic N) is 1. The predicted octanol–water partition coefficient (Wildman–Crippen LogP) is 1.04. The minimum atomic E-state index is -0.432. The van der Waals surface area contributed by atoms with E-state index in [-0.39, 0.29) is 12.5 Å². The molecule has 1 heterocycles. The van der Waals surface area contributed by atoms with Gasteiger partial charge < -0.3 is 10.6 Å². The summed E-state index contributed by atoms with van der Waals surface area (Å²) in [5.41, 5.74) is 1.02. The molecule has 2 rings (SSSR count). The van der Waals surface area contributed by atoms with Crippen LogP contribution in [0.25, 0.3) is 0 Å². The average molecular weight is 262 g/mol. The van der Waals surface area contributed by atoms with Crippen molar-refractivity contribution in [1.82, 2.24) is 15.6 Å². The maximum absolute atomic E-state index is 11.5. The Morgan fingerprint density at radius 3 is 2.74 bits per heavy atom. The van der Waals surface area contributed by atoms with Crippen LogP contribution in [0.5, 0.6) is 0 Å². The van der Waals surface area contributed by atoms with Crippen LogP contribution in [-0.4, -0.2) is 30.0 Å². The Morgan fingerprint density at radius 2 is 2.11 bits per heavy atom. The molecule has 3 N–H and O–H groups in total. The minimum Gasteiger partial charge on any atom is -0.354 e. The van der Waals surface area contributed by atoms with Gasteiger partial charge in [-0.1, -0.05) is 6.07 Å². The molecule has 0 aromatic carbocycles. The topological polar surface area (TPSA) is 83.1 Å². The molecular formula is C13H18N4O2. The number of pyridine rings is 1. The summed E-state index contributed by atoms with van der Waals surface area (Å²) in [4.78, 5) is 27.0. The van der Waals surface area contributed by atoms with E-state index in [0.717, 1.165) is 5.56 Å². The van der Waals surface area contributed by atoms with E-state index in [4.69, 9.17) is 0 Å². The van der Waals surface area contributed by atoms with Crippen molar-refractivity contribution in [2.24, 2.45) is 5.92 Å². The molecule has 0 saturated heterocycles. The molecule has 1 fully saturated rings. The van der Waals surface area contributed by atoms with Gasteiger partial charge in [0.1, 0.15) is 5.82 Å². The third-order valence-electron chi connectivity index (χ3n) is 2.85. The largest absolute Gasteiger partial charge is 0.354 e. The van der Waals surface area contributed by atoms with Crippen LogP contribution in [0, 0.1) is 12.8 Å². The first-order valence-electron chi connectivity index (χ1n) is 6.37. The zero-order chi connectivity index (χ0) is 13.7. The number of hydrogen-bond donors (Lipinski definition) is 3. The van der Waals surface area contributed by atoms with Crippen molar-refractivity contribution < 1.29 is 9.59 Å². The predicted molar refractivity (Wildman–Crippen MR) is 71.7 cm³/mol. The number of aromatic nitrogens is 1. The standard InChI is InChI=1S/C13H18N4O2/c1-9-2-5-11(14-6-9)17-13(19)16-8-12(18)15-7-10-3-4-10/h2,5-6,10H,3-4,7-8H2,1H3,(H,15,18)(H2,14,16,17,19). The second-order valence-corrected chi connectivity index (χ2v) is 4.78. The molecule has 3 amide bonds. The number of hydrogen-bond acceptors (Lipinski definition) is 3. The second kappa shape index (κ2) is 6.17. The molecule has 1 aromatic rings. The van der Waals surface area contributed by atoms with E-state index in [9.17, 15) is 9.59 Å². The number of aryl methyl sites for hydroxylation is 1. The van der Waals surface area contributed by atoms with Crippen molar-refractivity contribution in [3.8, 4) is 0 Å². The van der Waals surface area contributed by atoms with Crippen LogP contribution in [0.3, 0.4) is 0 Å². The normalized spacial score (nSPS) is 13.7. The van der Waals surface area contributed by atoms with Crippen molar-refractivity contribution in [3.63, 3.8) is 0 Å². The summed E-state index contributed by atoms with van der Waals surface area (Å²) in [6, 6.07) is 3.13. The minimum absolute atomic E-state index is 0.0234. The number of anilines is 1. The van der Waals surface area contributed by atoms with Crippen LogP contribution in [0.2, 0.25) is 0 Å². The molecule has 102 valence electrons. The van der Waals surface area contributed by atoms with E-state index < -0.39 is 6.03 Å². The van der Waals surface area contributed by atoms with Gasteiger partial charge in [-0.15, -0.1) is 0 Å². The van der Waals surface area contributed by atoms with E-state index >= 15 is 0 Å². The van der Waals surface area contributed by atoms with Gasteiger partial charge in [-0.3, -0.25) is 10.1 Å². The number of nitrogens with one attached hydrogen (secondary N) is 3. The highest BCUT2D eigenvalue weighted by Gasteiger charge is 2.21. The van der Waals surface area contributed by atoms with Gasteiger partial charge in [0.05, 0.1) is 6.54 Å². The van der Waals surface area contributed by atoms with Gasteiger partial charge in [0, 0.05) is 12.7 Å². The highest BCUT2D eigenvalue weighted by atomic mass is 16.2. The zero-order valence-electron chi connectivity index (χ0n) is 10.9. The highest BCUT2D eigenvalue weighted by molar-refractivity contribution is 5.91. The van der Waals surface area contributed by atoms with Crippen molar-refractivity contribution in [2.75, 3.05) is 18.4 Å². The molecule has 0 unspecified atom stereocenters. The van der Waals surface area contributed by atoms with Gasteiger partial charge in [0.25, 0.3) is 0 Å². The van der Waals surface area contributed by atoms with Crippen LogP contribution >= 0.6 is 0 Å². The summed E-state index contributed by atoms with van der Waals surface area (Å²) in [6.07, 6.45) is 4.04. The lowest BCUT2D eigenvalue weighted by Crippen LogP contribution is -2.39. The summed E-state index contributed by atoms with van der Waals surface area (Å²) in [7, 11) is 0. The molecule has 0 radical (unpaired) electrons. The Kier molecular flexibility index (Phi) is 4.33. The molecule has 0 aliphatic heterocycles. The lowest BCUT2D eigenvalue weighted by atomic mass is 10.3. The number of amides is 3. The number of rotatable bonds is 5. The van der Waals surface area contributed by atoms with Crippen molar-refractivity contribution in [3.05, 3.63) is 23.9 Å². The van der Waals surface area contributed by atoms with E-state index in [1.54, 1.807) is 12.3 Å². The maximum atomic E-state index is 11.5. The summed E-state index contributed by atoms with van der Waals surface area (Å²) < 4.78 is 0. The summed E-state index contributed by atoms with van der Waals surface area (Å²) in [5.74, 6) is 0.926. The smallest absolute Gasteiger partial charge is 0.320 e. The Morgan fingerprint density at radius 1 is 1.32 bits per heavy atom. The van der Waals surface area contributed by atoms with Crippen LogP contribution in [0.15, 0.2) is 18.3 Å². The molecule has 0 atom stereocenters. The molecule has 6 heteroatoms. The lowest BCUT2D eigenvalue weighted by molar-refractivity contribution is -0.120. The molecule has 1 saturated carbocycles. The first kappa shape index (κ1) is 13.3. The Bertz CT molecular complexity index is 454. The number of urea groups is 1. The van der Waals surface area contributed by atoms with Crippen LogP contribution < -0.4 is 16.0 Å². The second-order valence-electron chi connectivity index (χ2n) is 4.78. The maximum Gasteiger partial charge on any atom is 0.320 e. The molecule has 1 aromatic heterocycles. The summed E-state index contributed by atoms with van der Waals surface area (Å²) in [5, 5.41) is 7.82. The van der Waals surface area contributed by atoms with E-state index in [1.165, 1.54) is 12.8 Å². The Balaban J connectivity index is 1.65. The fourth-order valence-electron chi connectivity index (χ4n) is 1.51. The monoisotopic (exact) mass is 262 g/mol. The Labute approximate surface area is 112 Å². The third-order valence-corrected chi connectivity index (χ3v) is 2.85. The molecule has 0 bridgehead atoms. The van der Waals surface area contributed by atoms with Gasteiger partial charge in [0.15, 0.2) is 0 Å². The number of carbonyl (C=O) groups excluding carboxylic acids is 2. The van der Waals surface area contributed by atoms with Gasteiger partial charge in [-0.05, 0) is 37.3 Å².